The molecule has 2 heterocycles. The number of likely N-dealkylation sites (tertiary alicyclic amines) is 1. The van der Waals surface area contributed by atoms with E-state index in [1.807, 2.05) is 7.05 Å². The summed E-state index contributed by atoms with van der Waals surface area (Å²) in [7, 11) is 1.85. The lowest BCUT2D eigenvalue weighted by molar-refractivity contribution is 0.206. The van der Waals surface area contributed by atoms with E-state index < -0.39 is 0 Å². The first kappa shape index (κ1) is 23.6. The Kier molecular flexibility index (Phi) is 10.4. The van der Waals surface area contributed by atoms with Gasteiger partial charge in [0.1, 0.15) is 0 Å². The van der Waals surface area contributed by atoms with Crippen molar-refractivity contribution < 1.29 is 0 Å². The fourth-order valence-corrected chi connectivity index (χ4v) is 4.09. The first-order valence-electron chi connectivity index (χ1n) is 9.56. The molecule has 26 heavy (non-hydrogen) atoms. The zero-order chi connectivity index (χ0) is 18.3. The van der Waals surface area contributed by atoms with Crippen molar-refractivity contribution in [3.63, 3.8) is 0 Å². The maximum atomic E-state index is 4.76. The van der Waals surface area contributed by atoms with Crippen LogP contribution in [0.25, 0.3) is 0 Å². The molecule has 0 bridgehead atoms. The molecule has 1 aromatic heterocycles. The van der Waals surface area contributed by atoms with Crippen LogP contribution in [0, 0.1) is 0 Å². The van der Waals surface area contributed by atoms with Gasteiger partial charge in [-0.25, -0.2) is 4.98 Å². The first-order valence-corrected chi connectivity index (χ1v) is 10.4. The van der Waals surface area contributed by atoms with Crippen molar-refractivity contribution in [1.82, 2.24) is 20.5 Å². The molecular formula is C19H36IN5S. The third-order valence-corrected chi connectivity index (χ3v) is 5.55. The van der Waals surface area contributed by atoms with Crippen LogP contribution in [0.5, 0.6) is 0 Å². The number of nitrogens with zero attached hydrogens (tertiary/aromatic N) is 3. The van der Waals surface area contributed by atoms with E-state index in [0.29, 0.717) is 6.04 Å². The van der Waals surface area contributed by atoms with Gasteiger partial charge in [-0.15, -0.1) is 35.3 Å². The predicted octanol–water partition coefficient (Wildman–Crippen LogP) is 3.64. The van der Waals surface area contributed by atoms with E-state index in [9.17, 15) is 0 Å². The molecule has 1 aliphatic rings. The summed E-state index contributed by atoms with van der Waals surface area (Å²) < 4.78 is 0. The minimum Gasteiger partial charge on any atom is -0.356 e. The van der Waals surface area contributed by atoms with Crippen LogP contribution in [0.4, 0.5) is 0 Å². The Labute approximate surface area is 180 Å². The number of hydrogen-bond acceptors (Lipinski definition) is 4. The van der Waals surface area contributed by atoms with Crippen LogP contribution in [0.3, 0.4) is 0 Å². The SMILES string of the molecule is CCCN1CCC(NC(=NC)NCCc2nc(C(C)(C)C)cs2)CC1.I. The minimum atomic E-state index is 0. The summed E-state index contributed by atoms with van der Waals surface area (Å²) in [6.07, 6.45) is 4.58. The number of thiazole rings is 1. The number of guanidine groups is 1. The van der Waals surface area contributed by atoms with E-state index >= 15 is 0 Å². The molecule has 7 heteroatoms. The maximum absolute atomic E-state index is 4.76. The lowest BCUT2D eigenvalue weighted by atomic mass is 9.93. The lowest BCUT2D eigenvalue weighted by Gasteiger charge is -2.32. The molecule has 0 unspecified atom stereocenters. The van der Waals surface area contributed by atoms with Crippen LogP contribution in [0.15, 0.2) is 10.4 Å². The summed E-state index contributed by atoms with van der Waals surface area (Å²) in [5, 5.41) is 10.4. The number of nitrogens with one attached hydrogen (secondary N) is 2. The summed E-state index contributed by atoms with van der Waals surface area (Å²) >= 11 is 1.76. The molecule has 5 nitrogen and oxygen atoms in total. The highest BCUT2D eigenvalue weighted by molar-refractivity contribution is 14.0. The molecule has 0 aliphatic carbocycles. The molecule has 0 saturated carbocycles. The topological polar surface area (TPSA) is 52.5 Å². The van der Waals surface area contributed by atoms with Crippen LogP contribution in [-0.4, -0.2) is 55.1 Å². The summed E-state index contributed by atoms with van der Waals surface area (Å²) in [6.45, 7) is 13.4. The molecule has 2 N–H and O–H groups in total. The number of hydrogen-bond donors (Lipinski definition) is 2. The minimum absolute atomic E-state index is 0. The molecule has 1 aliphatic heterocycles. The lowest BCUT2D eigenvalue weighted by Crippen LogP contribution is -2.49. The molecule has 1 aromatic rings. The van der Waals surface area contributed by atoms with E-state index in [1.54, 1.807) is 11.3 Å². The second-order valence-corrected chi connectivity index (χ2v) is 8.83. The van der Waals surface area contributed by atoms with E-state index in [1.165, 1.54) is 49.6 Å². The first-order chi connectivity index (χ1) is 11.9. The van der Waals surface area contributed by atoms with Crippen molar-refractivity contribution >= 4 is 41.3 Å². The quantitative estimate of drug-likeness (QED) is 0.361. The zero-order valence-electron chi connectivity index (χ0n) is 17.0. The van der Waals surface area contributed by atoms with Crippen molar-refractivity contribution in [3.05, 3.63) is 16.1 Å². The predicted molar refractivity (Wildman–Crippen MR) is 124 cm³/mol. The molecular weight excluding hydrogens is 457 g/mol. The Morgan fingerprint density at radius 3 is 2.58 bits per heavy atom. The van der Waals surface area contributed by atoms with Crippen LogP contribution in [0.2, 0.25) is 0 Å². The van der Waals surface area contributed by atoms with E-state index in [0.717, 1.165) is 18.9 Å². The van der Waals surface area contributed by atoms with E-state index in [4.69, 9.17) is 4.98 Å². The Hall–Kier alpha value is -0.410. The number of aromatic nitrogens is 1. The molecule has 0 atom stereocenters. The van der Waals surface area contributed by atoms with Gasteiger partial charge in [-0.05, 0) is 25.8 Å². The molecule has 0 spiro atoms. The van der Waals surface area contributed by atoms with Crippen molar-refractivity contribution in [3.8, 4) is 0 Å². The molecule has 1 fully saturated rings. The van der Waals surface area contributed by atoms with Gasteiger partial charge in [-0.2, -0.15) is 0 Å². The van der Waals surface area contributed by atoms with Crippen molar-refractivity contribution in [2.45, 2.75) is 64.8 Å². The van der Waals surface area contributed by atoms with Crippen molar-refractivity contribution in [1.29, 1.82) is 0 Å². The van der Waals surface area contributed by atoms with Gasteiger partial charge in [0.25, 0.3) is 0 Å². The van der Waals surface area contributed by atoms with Crippen LogP contribution in [-0.2, 0) is 11.8 Å². The second kappa shape index (κ2) is 11.4. The average molecular weight is 494 g/mol. The van der Waals surface area contributed by atoms with Gasteiger partial charge < -0.3 is 15.5 Å². The Balaban J connectivity index is 0.00000338. The third-order valence-electron chi connectivity index (χ3n) is 4.64. The van der Waals surface area contributed by atoms with Crippen molar-refractivity contribution in [2.75, 3.05) is 33.2 Å². The number of rotatable bonds is 6. The molecule has 2 rings (SSSR count). The van der Waals surface area contributed by atoms with Gasteiger partial charge in [0.15, 0.2) is 5.96 Å². The third kappa shape index (κ3) is 7.68. The average Bonchev–Trinajstić information content (AvgIpc) is 3.05. The van der Waals surface area contributed by atoms with E-state index in [2.05, 4.69) is 53.6 Å². The van der Waals surface area contributed by atoms with Gasteiger partial charge in [0.2, 0.25) is 0 Å². The Bertz CT molecular complexity index is 544. The van der Waals surface area contributed by atoms with Gasteiger partial charge in [0, 0.05) is 49.9 Å². The number of piperidine rings is 1. The molecule has 1 saturated heterocycles. The van der Waals surface area contributed by atoms with Crippen LogP contribution >= 0.6 is 35.3 Å². The normalized spacial score (nSPS) is 17.0. The summed E-state index contributed by atoms with van der Waals surface area (Å²) in [4.78, 5) is 11.7. The van der Waals surface area contributed by atoms with Gasteiger partial charge in [-0.3, -0.25) is 4.99 Å². The highest BCUT2D eigenvalue weighted by atomic mass is 127. The highest BCUT2D eigenvalue weighted by Gasteiger charge is 2.19. The largest absolute Gasteiger partial charge is 0.356 e. The van der Waals surface area contributed by atoms with Gasteiger partial charge >= 0.3 is 0 Å². The molecule has 0 amide bonds. The fraction of sp³-hybridized carbons (Fsp3) is 0.789. The number of aliphatic imine (C=N–C) groups is 1. The summed E-state index contributed by atoms with van der Waals surface area (Å²) in [5.41, 5.74) is 1.32. The Morgan fingerprint density at radius 1 is 1.35 bits per heavy atom. The summed E-state index contributed by atoms with van der Waals surface area (Å²) in [6, 6.07) is 0.534. The summed E-state index contributed by atoms with van der Waals surface area (Å²) in [5.74, 6) is 0.918. The maximum Gasteiger partial charge on any atom is 0.191 e. The van der Waals surface area contributed by atoms with Gasteiger partial charge in [0.05, 0.1) is 10.7 Å². The van der Waals surface area contributed by atoms with Crippen LogP contribution in [0.1, 0.15) is 57.7 Å². The van der Waals surface area contributed by atoms with Gasteiger partial charge in [-0.1, -0.05) is 27.7 Å². The highest BCUT2D eigenvalue weighted by Crippen LogP contribution is 2.23. The van der Waals surface area contributed by atoms with Crippen LogP contribution < -0.4 is 10.6 Å². The molecule has 0 aromatic carbocycles. The zero-order valence-corrected chi connectivity index (χ0v) is 20.1. The van der Waals surface area contributed by atoms with E-state index in [-0.39, 0.29) is 29.4 Å². The van der Waals surface area contributed by atoms with Crippen molar-refractivity contribution in [2.24, 2.45) is 4.99 Å². The number of halogens is 1. The fourth-order valence-electron chi connectivity index (χ4n) is 3.06. The molecule has 0 radical (unpaired) electrons. The Morgan fingerprint density at radius 2 is 2.04 bits per heavy atom. The second-order valence-electron chi connectivity index (χ2n) is 7.89. The smallest absolute Gasteiger partial charge is 0.191 e. The standard InChI is InChI=1S/C19H35N5S.HI/c1-6-11-24-12-8-15(9-13-24)22-18(20-5)21-10-7-17-23-16(14-25-17)19(2,3)4;/h14-15H,6-13H2,1-5H3,(H2,20,21,22);1H. The monoisotopic (exact) mass is 493 g/mol. The molecule has 150 valence electrons.